The van der Waals surface area contributed by atoms with Crippen LogP contribution >= 0.6 is 0 Å². The van der Waals surface area contributed by atoms with Crippen molar-refractivity contribution in [1.82, 2.24) is 9.03 Å². The quantitative estimate of drug-likeness (QED) is 0.703. The second-order valence-corrected chi connectivity index (χ2v) is 9.30. The number of piperidine rings is 1. The van der Waals surface area contributed by atoms with Gasteiger partial charge in [0.05, 0.1) is 10.6 Å². The second-order valence-electron chi connectivity index (χ2n) is 5.49. The third kappa shape index (κ3) is 4.53. The van der Waals surface area contributed by atoms with Crippen LogP contribution in [0.1, 0.15) is 19.3 Å². The molecule has 10 heteroatoms. The summed E-state index contributed by atoms with van der Waals surface area (Å²) in [4.78, 5) is 11.3. The van der Waals surface area contributed by atoms with Gasteiger partial charge < -0.3 is 5.11 Å². The van der Waals surface area contributed by atoms with Crippen LogP contribution < -0.4 is 4.72 Å². The molecule has 2 rings (SSSR count). The molecule has 1 aromatic carbocycles. The fraction of sp³-hybridized carbons (Fsp3) is 0.500. The van der Waals surface area contributed by atoms with Crippen LogP contribution in [0.3, 0.4) is 0 Å². The van der Waals surface area contributed by atoms with Crippen molar-refractivity contribution in [3.05, 3.63) is 30.3 Å². The highest BCUT2D eigenvalue weighted by Crippen LogP contribution is 2.21. The number of rotatable bonds is 7. The zero-order valence-electron chi connectivity index (χ0n) is 13.0. The minimum Gasteiger partial charge on any atom is -0.480 e. The molecule has 2 N–H and O–H groups in total. The van der Waals surface area contributed by atoms with Gasteiger partial charge in [0.2, 0.25) is 20.0 Å². The molecular formula is C14H20N2O6S2. The Morgan fingerprint density at radius 2 is 1.83 bits per heavy atom. The van der Waals surface area contributed by atoms with Gasteiger partial charge in [-0.2, -0.15) is 4.31 Å². The van der Waals surface area contributed by atoms with Gasteiger partial charge in [-0.3, -0.25) is 4.79 Å². The number of carboxylic acid groups (broad SMARTS) is 1. The van der Waals surface area contributed by atoms with Crippen molar-refractivity contribution in [2.45, 2.75) is 30.2 Å². The normalized spacial score (nSPS) is 19.9. The van der Waals surface area contributed by atoms with Gasteiger partial charge in [0.25, 0.3) is 0 Å². The SMILES string of the molecule is O=C(O)C1CCCCN1S(=O)(=O)CCNS(=O)(=O)c1ccccc1. The van der Waals surface area contributed by atoms with Crippen LogP contribution in [-0.4, -0.2) is 57.1 Å². The van der Waals surface area contributed by atoms with E-state index in [1.165, 1.54) is 12.1 Å². The number of hydrogen-bond acceptors (Lipinski definition) is 5. The minimum atomic E-state index is -3.86. The van der Waals surface area contributed by atoms with E-state index >= 15 is 0 Å². The molecule has 0 radical (unpaired) electrons. The number of hydrogen-bond donors (Lipinski definition) is 2. The molecule has 1 unspecified atom stereocenters. The van der Waals surface area contributed by atoms with Gasteiger partial charge in [0, 0.05) is 13.1 Å². The van der Waals surface area contributed by atoms with E-state index in [0.29, 0.717) is 12.8 Å². The summed E-state index contributed by atoms with van der Waals surface area (Å²) in [5.41, 5.74) is 0. The van der Waals surface area contributed by atoms with Crippen molar-refractivity contribution in [3.63, 3.8) is 0 Å². The highest BCUT2D eigenvalue weighted by atomic mass is 32.2. The number of nitrogens with one attached hydrogen (secondary N) is 1. The summed E-state index contributed by atoms with van der Waals surface area (Å²) in [6, 6.07) is 6.54. The average molecular weight is 376 g/mol. The Labute approximate surface area is 141 Å². The second kappa shape index (κ2) is 7.60. The third-order valence-electron chi connectivity index (χ3n) is 3.80. The molecule has 1 fully saturated rings. The van der Waals surface area contributed by atoms with Crippen LogP contribution in [-0.2, 0) is 24.8 Å². The lowest BCUT2D eigenvalue weighted by atomic mass is 10.1. The third-order valence-corrected chi connectivity index (χ3v) is 7.15. The lowest BCUT2D eigenvalue weighted by molar-refractivity contribution is -0.142. The maximum atomic E-state index is 12.4. The van der Waals surface area contributed by atoms with Gasteiger partial charge in [-0.05, 0) is 31.4 Å². The molecule has 0 spiro atoms. The van der Waals surface area contributed by atoms with Crippen LogP contribution in [0.25, 0.3) is 0 Å². The molecule has 1 saturated heterocycles. The lowest BCUT2D eigenvalue weighted by Crippen LogP contribution is -2.49. The Balaban J connectivity index is 2.01. The molecule has 24 heavy (non-hydrogen) atoms. The van der Waals surface area contributed by atoms with Crippen LogP contribution in [0.15, 0.2) is 35.2 Å². The van der Waals surface area contributed by atoms with Crippen molar-refractivity contribution in [2.24, 2.45) is 0 Å². The Kier molecular flexibility index (Phi) is 5.97. The van der Waals surface area contributed by atoms with E-state index in [1.807, 2.05) is 0 Å². The summed E-state index contributed by atoms with van der Waals surface area (Å²) in [5, 5.41) is 9.16. The number of sulfonamides is 2. The summed E-state index contributed by atoms with van der Waals surface area (Å²) >= 11 is 0. The van der Waals surface area contributed by atoms with Crippen molar-refractivity contribution < 1.29 is 26.7 Å². The zero-order chi connectivity index (χ0) is 17.8. The van der Waals surface area contributed by atoms with Gasteiger partial charge >= 0.3 is 5.97 Å². The molecule has 1 heterocycles. The predicted molar refractivity (Wildman–Crippen MR) is 87.4 cm³/mol. The first-order chi connectivity index (χ1) is 11.2. The minimum absolute atomic E-state index is 0.0452. The Morgan fingerprint density at radius 1 is 1.17 bits per heavy atom. The molecular weight excluding hydrogens is 356 g/mol. The summed E-state index contributed by atoms with van der Waals surface area (Å²) in [5.74, 6) is -1.66. The van der Waals surface area contributed by atoms with Crippen LogP contribution in [0.5, 0.6) is 0 Å². The predicted octanol–water partition coefficient (Wildman–Crippen LogP) is 0.234. The Bertz CT molecular complexity index is 777. The van der Waals surface area contributed by atoms with E-state index in [1.54, 1.807) is 18.2 Å². The Morgan fingerprint density at radius 3 is 2.46 bits per heavy atom. The highest BCUT2D eigenvalue weighted by Gasteiger charge is 2.36. The number of aliphatic carboxylic acids is 1. The molecule has 0 bridgehead atoms. The molecule has 0 amide bonds. The monoisotopic (exact) mass is 376 g/mol. The largest absolute Gasteiger partial charge is 0.480 e. The van der Waals surface area contributed by atoms with Crippen molar-refractivity contribution in [3.8, 4) is 0 Å². The van der Waals surface area contributed by atoms with E-state index < -0.39 is 37.8 Å². The van der Waals surface area contributed by atoms with Crippen molar-refractivity contribution in [2.75, 3.05) is 18.8 Å². The van der Waals surface area contributed by atoms with E-state index in [-0.39, 0.29) is 24.4 Å². The molecule has 0 aliphatic carbocycles. The molecule has 0 aromatic heterocycles. The van der Waals surface area contributed by atoms with Crippen LogP contribution in [0, 0.1) is 0 Å². The smallest absolute Gasteiger partial charge is 0.322 e. The molecule has 8 nitrogen and oxygen atoms in total. The number of nitrogens with zero attached hydrogens (tertiary/aromatic N) is 1. The van der Waals surface area contributed by atoms with Gasteiger partial charge in [-0.25, -0.2) is 21.6 Å². The fourth-order valence-corrected chi connectivity index (χ4v) is 5.36. The lowest BCUT2D eigenvalue weighted by Gasteiger charge is -2.31. The first-order valence-corrected chi connectivity index (χ1v) is 10.6. The van der Waals surface area contributed by atoms with E-state index in [4.69, 9.17) is 5.11 Å². The first-order valence-electron chi connectivity index (χ1n) is 7.51. The summed E-state index contributed by atoms with van der Waals surface area (Å²) in [6.07, 6.45) is 1.52. The molecule has 1 aliphatic rings. The summed E-state index contributed by atoms with van der Waals surface area (Å²) in [7, 11) is -7.65. The molecule has 134 valence electrons. The average Bonchev–Trinajstić information content (AvgIpc) is 2.55. The van der Waals surface area contributed by atoms with Gasteiger partial charge in [-0.1, -0.05) is 18.2 Å². The molecule has 1 atom stereocenters. The highest BCUT2D eigenvalue weighted by molar-refractivity contribution is 7.90. The van der Waals surface area contributed by atoms with E-state index in [9.17, 15) is 21.6 Å². The van der Waals surface area contributed by atoms with Crippen molar-refractivity contribution in [1.29, 1.82) is 0 Å². The summed E-state index contributed by atoms with van der Waals surface area (Å²) in [6.45, 7) is -0.173. The number of benzene rings is 1. The van der Waals surface area contributed by atoms with Crippen molar-refractivity contribution >= 4 is 26.0 Å². The topological polar surface area (TPSA) is 121 Å². The standard InChI is InChI=1S/C14H20N2O6S2/c17-14(18)13-8-4-5-10-16(13)23(19,20)11-9-15-24(21,22)12-6-2-1-3-7-12/h1-3,6-7,13,15H,4-5,8-11H2,(H,17,18). The van der Waals surface area contributed by atoms with Gasteiger partial charge in [0.15, 0.2) is 0 Å². The molecule has 1 aliphatic heterocycles. The van der Waals surface area contributed by atoms with E-state index in [0.717, 1.165) is 4.31 Å². The number of carboxylic acids is 1. The van der Waals surface area contributed by atoms with Gasteiger partial charge in [0.1, 0.15) is 6.04 Å². The van der Waals surface area contributed by atoms with E-state index in [2.05, 4.69) is 4.72 Å². The molecule has 0 saturated carbocycles. The first kappa shape index (κ1) is 18.8. The fourth-order valence-electron chi connectivity index (χ4n) is 2.59. The zero-order valence-corrected chi connectivity index (χ0v) is 14.6. The number of carbonyl (C=O) groups is 1. The van der Waals surface area contributed by atoms with Gasteiger partial charge in [-0.15, -0.1) is 0 Å². The molecule has 1 aromatic rings. The Hall–Kier alpha value is -1.49. The maximum Gasteiger partial charge on any atom is 0.322 e. The van der Waals surface area contributed by atoms with Crippen LogP contribution in [0.4, 0.5) is 0 Å². The maximum absolute atomic E-state index is 12.4. The summed E-state index contributed by atoms with van der Waals surface area (Å²) < 4.78 is 52.0. The van der Waals surface area contributed by atoms with Crippen LogP contribution in [0.2, 0.25) is 0 Å².